The van der Waals surface area contributed by atoms with Gasteiger partial charge < -0.3 is 0 Å². The Morgan fingerprint density at radius 1 is 0.714 bits per heavy atom. The van der Waals surface area contributed by atoms with Gasteiger partial charge in [0.1, 0.15) is 0 Å². The molecule has 0 aliphatic rings. The Kier molecular flexibility index (Phi) is 15.0. The van der Waals surface area contributed by atoms with Crippen molar-refractivity contribution in [1.82, 2.24) is 0 Å². The number of unbranched alkanes of at least 4 members (excludes halogenated alkanes) is 10. The molecule has 2 atom stereocenters. The fourth-order valence-corrected chi connectivity index (χ4v) is 4.28. The van der Waals surface area contributed by atoms with Crippen molar-refractivity contribution in [3.8, 4) is 5.75 Å². The van der Waals surface area contributed by atoms with E-state index in [9.17, 15) is 5.11 Å². The van der Waals surface area contributed by atoms with Crippen LogP contribution in [0.15, 0.2) is 12.1 Å². The van der Waals surface area contributed by atoms with Gasteiger partial charge in [-0.2, -0.15) is 0 Å². The Balaban J connectivity index is 2.54. The van der Waals surface area contributed by atoms with Crippen molar-refractivity contribution >= 4 is 35.4 Å². The van der Waals surface area contributed by atoms with Crippen molar-refractivity contribution in [2.75, 3.05) is 0 Å². The van der Waals surface area contributed by atoms with Crippen LogP contribution in [0.25, 0.3) is 0 Å². The molecule has 0 saturated carbocycles. The monoisotopic (exact) mass is 372 g/mol. The molecule has 0 spiro atoms. The molecule has 1 aromatic rings. The zero-order chi connectivity index (χ0) is 20.8. The summed E-state index contributed by atoms with van der Waals surface area (Å²) >= 11 is 4.66. The van der Waals surface area contributed by atoms with E-state index in [4.69, 9.17) is 0 Å². The van der Waals surface area contributed by atoms with Gasteiger partial charge in [-0.25, -0.2) is 0 Å². The van der Waals surface area contributed by atoms with Gasteiger partial charge >= 0.3 is 195 Å². The van der Waals surface area contributed by atoms with E-state index in [1.54, 1.807) is 0 Å². The van der Waals surface area contributed by atoms with Gasteiger partial charge in [0.2, 0.25) is 0 Å². The van der Waals surface area contributed by atoms with Crippen LogP contribution in [-0.4, -0.2) is 40.5 Å². The van der Waals surface area contributed by atoms with E-state index in [2.05, 4.69) is 68.3 Å². The van der Waals surface area contributed by atoms with Gasteiger partial charge in [0.05, 0.1) is 0 Å². The van der Waals surface area contributed by atoms with Gasteiger partial charge in [0.25, 0.3) is 0 Å². The quantitative estimate of drug-likeness (QED) is 0.234. The van der Waals surface area contributed by atoms with Gasteiger partial charge in [0.15, 0.2) is 0 Å². The molecule has 28 heavy (non-hydrogen) atoms. The summed E-state index contributed by atoms with van der Waals surface area (Å²) in [6.45, 7) is 6.62. The molecule has 0 radical (unpaired) electrons. The molecule has 0 bridgehead atoms. The summed E-state index contributed by atoms with van der Waals surface area (Å²) in [6, 6.07) is 4.53. The van der Waals surface area contributed by atoms with Crippen LogP contribution < -0.4 is 0 Å². The molecule has 1 N–H and O–H groups in total. The number of rotatable bonds is 16. The first-order valence-electron chi connectivity index (χ1n) is 12.3. The van der Waals surface area contributed by atoms with Gasteiger partial charge in [-0.05, 0) is 0 Å². The van der Waals surface area contributed by atoms with Crippen LogP contribution in [0, 0.1) is 6.92 Å². The molecule has 0 amide bonds. The van der Waals surface area contributed by atoms with Crippen molar-refractivity contribution in [2.45, 2.75) is 120 Å². The van der Waals surface area contributed by atoms with E-state index >= 15 is 0 Å². The second-order valence-electron chi connectivity index (χ2n) is 9.19. The molecule has 3 heteroatoms. The number of phenols is 1. The zero-order valence-electron chi connectivity index (χ0n) is 19.7. The SMILES string of the molecule is [Li][CH](CCCCCCCC)c1cc(C)c(O)c([CH]([Li])CCCCCCCC)c1. The predicted octanol–water partition coefficient (Wildman–Crippen LogP) is 7.62. The van der Waals surface area contributed by atoms with Crippen LogP contribution in [0.1, 0.15) is 130 Å². The fourth-order valence-electron chi connectivity index (χ4n) is 4.28. The van der Waals surface area contributed by atoms with E-state index in [-0.39, 0.29) is 0 Å². The van der Waals surface area contributed by atoms with Crippen LogP contribution >= 0.6 is 0 Å². The first-order valence-corrected chi connectivity index (χ1v) is 12.3. The maximum absolute atomic E-state index is 10.6. The van der Waals surface area contributed by atoms with Gasteiger partial charge in [-0.1, -0.05) is 0 Å². The Morgan fingerprint density at radius 3 is 1.71 bits per heavy atom. The molecule has 0 aliphatic heterocycles. The summed E-state index contributed by atoms with van der Waals surface area (Å²) in [5, 5.41) is 10.6. The molecule has 2 unspecified atom stereocenters. The van der Waals surface area contributed by atoms with E-state index in [1.807, 2.05) is 0 Å². The Hall–Kier alpha value is 0.215. The zero-order valence-corrected chi connectivity index (χ0v) is 19.7. The first-order chi connectivity index (χ1) is 13.5. The normalized spacial score (nSPS) is 13.7. The van der Waals surface area contributed by atoms with E-state index < -0.39 is 0 Å². The van der Waals surface area contributed by atoms with Crippen molar-refractivity contribution < 1.29 is 5.11 Å². The van der Waals surface area contributed by atoms with Crippen LogP contribution in [0.4, 0.5) is 0 Å². The predicted molar refractivity (Wildman–Crippen MR) is 126 cm³/mol. The van der Waals surface area contributed by atoms with Crippen LogP contribution in [0.2, 0.25) is 0 Å². The summed E-state index contributed by atoms with van der Waals surface area (Å²) < 4.78 is 1.04. The molecule has 0 heterocycles. The molecule has 1 aromatic carbocycles. The second-order valence-corrected chi connectivity index (χ2v) is 9.19. The van der Waals surface area contributed by atoms with Gasteiger partial charge in [-0.15, -0.1) is 0 Å². The number of hydrogen-bond donors (Lipinski definition) is 1. The van der Waals surface area contributed by atoms with Crippen molar-refractivity contribution in [1.29, 1.82) is 0 Å². The standard InChI is InChI=1S/C25H42O.2Li/c1-4-6-8-10-12-14-16-18-23-20-22(3)25(26)24(21-23)19-17-15-13-11-9-7-5-2;;/h18-21,26H,4-17H2,1-3H3;;. The summed E-state index contributed by atoms with van der Waals surface area (Å²) in [6.07, 6.45) is 18.7. The third-order valence-corrected chi connectivity index (χ3v) is 6.43. The summed E-state index contributed by atoms with van der Waals surface area (Å²) in [4.78, 5) is 0. The summed E-state index contributed by atoms with van der Waals surface area (Å²) in [5.41, 5.74) is 3.66. The third kappa shape index (κ3) is 10.3. The van der Waals surface area contributed by atoms with Gasteiger partial charge in [0, 0.05) is 0 Å². The van der Waals surface area contributed by atoms with Crippen LogP contribution in [-0.2, 0) is 0 Å². The molecule has 0 fully saturated rings. The number of hydrogen-bond acceptors (Lipinski definition) is 1. The first kappa shape index (κ1) is 26.3. The second kappa shape index (κ2) is 16.0. The molecule has 0 aromatic heterocycles. The average Bonchev–Trinajstić information content (AvgIpc) is 2.68. The molecule has 150 valence electrons. The maximum atomic E-state index is 10.6. The Labute approximate surface area is 194 Å². The molecule has 1 nitrogen and oxygen atoms in total. The number of aryl methyl sites for hydroxylation is 1. The Bertz CT molecular complexity index is 530. The Morgan fingerprint density at radius 2 is 1.18 bits per heavy atom. The van der Waals surface area contributed by atoms with Crippen molar-refractivity contribution in [3.63, 3.8) is 0 Å². The van der Waals surface area contributed by atoms with Crippen molar-refractivity contribution in [3.05, 3.63) is 28.8 Å². The average molecular weight is 372 g/mol. The van der Waals surface area contributed by atoms with E-state index in [1.165, 1.54) is 101 Å². The van der Waals surface area contributed by atoms with E-state index in [0.717, 1.165) is 5.56 Å². The number of phenolic OH excluding ortho intramolecular Hbond substituents is 1. The number of benzene rings is 1. The van der Waals surface area contributed by atoms with Crippen LogP contribution in [0.3, 0.4) is 0 Å². The molecular formula is C25H42Li2O. The topological polar surface area (TPSA) is 20.2 Å². The third-order valence-electron chi connectivity index (χ3n) is 6.43. The molecule has 1 rings (SSSR count). The van der Waals surface area contributed by atoms with Gasteiger partial charge in [-0.3, -0.25) is 0 Å². The number of aromatic hydroxyl groups is 1. The van der Waals surface area contributed by atoms with E-state index in [0.29, 0.717) is 14.9 Å². The molecule has 0 saturated heterocycles. The molecule has 0 aliphatic carbocycles. The minimum atomic E-state index is 0.450. The molecular weight excluding hydrogens is 330 g/mol. The van der Waals surface area contributed by atoms with Crippen molar-refractivity contribution in [2.24, 2.45) is 0 Å². The minimum absolute atomic E-state index is 0.450. The summed E-state index contributed by atoms with van der Waals surface area (Å²) in [7, 11) is 0. The van der Waals surface area contributed by atoms with Crippen LogP contribution in [0.5, 0.6) is 5.75 Å². The summed E-state index contributed by atoms with van der Waals surface area (Å²) in [5.74, 6) is 0.536. The fraction of sp³-hybridized carbons (Fsp3) is 0.760.